The first-order chi connectivity index (χ1) is 7.24. The van der Waals surface area contributed by atoms with Crippen LogP contribution in [0.2, 0.25) is 0 Å². The van der Waals surface area contributed by atoms with Gasteiger partial charge in [0.2, 0.25) is 5.95 Å². The molecule has 0 fully saturated rings. The number of nitrogens with two attached hydrogens (primary N) is 1. The van der Waals surface area contributed by atoms with E-state index in [4.69, 9.17) is 5.73 Å². The molecule has 1 heterocycles. The van der Waals surface area contributed by atoms with Gasteiger partial charge < -0.3 is 11.1 Å². The Hall–Kier alpha value is -1.37. The van der Waals surface area contributed by atoms with Gasteiger partial charge in [0.15, 0.2) is 0 Å². The van der Waals surface area contributed by atoms with Crippen LogP contribution in [0.25, 0.3) is 0 Å². The summed E-state index contributed by atoms with van der Waals surface area (Å²) in [6.45, 7) is 0. The lowest BCUT2D eigenvalue weighted by atomic mass is 10.3. The van der Waals surface area contributed by atoms with Crippen molar-refractivity contribution in [3.05, 3.63) is 40.2 Å². The Morgan fingerprint density at radius 3 is 2.60 bits per heavy atom. The Labute approximate surface area is 101 Å². The molecule has 2 rings (SSSR count). The van der Waals surface area contributed by atoms with Gasteiger partial charge in [-0.3, -0.25) is 0 Å². The minimum absolute atomic E-state index is 0.547. The van der Waals surface area contributed by atoms with Crippen LogP contribution < -0.4 is 11.1 Å². The molecule has 1 aromatic carbocycles. The number of nitrogen functional groups attached to an aromatic ring is 1. The molecule has 0 saturated carbocycles. The Bertz CT molecular complexity index is 455. The van der Waals surface area contributed by atoms with Crippen LogP contribution in [0.15, 0.2) is 36.7 Å². The Morgan fingerprint density at radius 2 is 1.93 bits per heavy atom. The molecule has 4 nitrogen and oxygen atoms in total. The lowest BCUT2D eigenvalue weighted by molar-refractivity contribution is 1.17. The van der Waals surface area contributed by atoms with Crippen LogP contribution in [0.5, 0.6) is 0 Å². The van der Waals surface area contributed by atoms with E-state index in [0.29, 0.717) is 11.6 Å². The molecule has 15 heavy (non-hydrogen) atoms. The summed E-state index contributed by atoms with van der Waals surface area (Å²) in [5, 5.41) is 3.09. The first-order valence-electron chi connectivity index (χ1n) is 4.34. The highest BCUT2D eigenvalue weighted by Crippen LogP contribution is 2.15. The third kappa shape index (κ3) is 2.79. The van der Waals surface area contributed by atoms with Gasteiger partial charge in [0.05, 0.1) is 18.1 Å². The summed E-state index contributed by atoms with van der Waals surface area (Å²) in [4.78, 5) is 8.11. The largest absolute Gasteiger partial charge is 0.396 e. The van der Waals surface area contributed by atoms with Gasteiger partial charge in [0, 0.05) is 9.26 Å². The third-order valence-electron chi connectivity index (χ3n) is 1.75. The zero-order valence-electron chi connectivity index (χ0n) is 7.81. The fourth-order valence-electron chi connectivity index (χ4n) is 1.10. The number of hydrogen-bond acceptors (Lipinski definition) is 4. The van der Waals surface area contributed by atoms with E-state index in [2.05, 4.69) is 37.9 Å². The van der Waals surface area contributed by atoms with Gasteiger partial charge in [-0.25, -0.2) is 9.97 Å². The molecule has 0 atom stereocenters. The molecule has 1 aromatic heterocycles. The van der Waals surface area contributed by atoms with Crippen molar-refractivity contribution in [2.75, 3.05) is 11.1 Å². The maximum atomic E-state index is 5.49. The highest BCUT2D eigenvalue weighted by molar-refractivity contribution is 14.1. The second kappa shape index (κ2) is 4.43. The molecule has 0 unspecified atom stereocenters. The van der Waals surface area contributed by atoms with E-state index in [9.17, 15) is 0 Å². The van der Waals surface area contributed by atoms with E-state index in [0.717, 1.165) is 9.26 Å². The van der Waals surface area contributed by atoms with Crippen molar-refractivity contribution in [1.82, 2.24) is 9.97 Å². The predicted octanol–water partition coefficient (Wildman–Crippen LogP) is 2.41. The highest BCUT2D eigenvalue weighted by Gasteiger charge is 1.97. The van der Waals surface area contributed by atoms with Crippen molar-refractivity contribution in [3.8, 4) is 0 Å². The van der Waals surface area contributed by atoms with Crippen molar-refractivity contribution in [2.24, 2.45) is 0 Å². The monoisotopic (exact) mass is 312 g/mol. The van der Waals surface area contributed by atoms with E-state index < -0.39 is 0 Å². The van der Waals surface area contributed by atoms with Crippen molar-refractivity contribution < 1.29 is 0 Å². The molecule has 3 N–H and O–H groups in total. The fraction of sp³-hybridized carbons (Fsp3) is 0. The van der Waals surface area contributed by atoms with E-state index in [-0.39, 0.29) is 0 Å². The van der Waals surface area contributed by atoms with E-state index in [1.807, 2.05) is 24.3 Å². The topological polar surface area (TPSA) is 63.8 Å². The number of nitrogens with one attached hydrogen (secondary N) is 1. The number of nitrogens with zero attached hydrogens (tertiary/aromatic N) is 2. The Morgan fingerprint density at radius 1 is 1.20 bits per heavy atom. The molecule has 2 aromatic rings. The SMILES string of the molecule is Nc1cnc(Nc2cccc(I)c2)nc1. The van der Waals surface area contributed by atoms with E-state index in [1.54, 1.807) is 12.4 Å². The number of aromatic nitrogens is 2. The summed E-state index contributed by atoms with van der Waals surface area (Å²) >= 11 is 2.25. The molecule has 0 amide bonds. The highest BCUT2D eigenvalue weighted by atomic mass is 127. The van der Waals surface area contributed by atoms with Crippen molar-refractivity contribution in [1.29, 1.82) is 0 Å². The number of halogens is 1. The maximum absolute atomic E-state index is 5.49. The Kier molecular flexibility index (Phi) is 3.00. The first kappa shape index (κ1) is 10.2. The van der Waals surface area contributed by atoms with Gasteiger partial charge in [-0.2, -0.15) is 0 Å². The summed E-state index contributed by atoms with van der Waals surface area (Å²) in [5.41, 5.74) is 7.01. The summed E-state index contributed by atoms with van der Waals surface area (Å²) in [7, 11) is 0. The number of benzene rings is 1. The van der Waals surface area contributed by atoms with Gasteiger partial charge in [-0.1, -0.05) is 6.07 Å². The third-order valence-corrected chi connectivity index (χ3v) is 2.42. The van der Waals surface area contributed by atoms with Gasteiger partial charge in [-0.05, 0) is 40.8 Å². The molecular weight excluding hydrogens is 303 g/mol. The molecule has 0 aliphatic heterocycles. The van der Waals surface area contributed by atoms with Crippen LogP contribution in [-0.2, 0) is 0 Å². The summed E-state index contributed by atoms with van der Waals surface area (Å²) < 4.78 is 1.16. The van der Waals surface area contributed by atoms with Crippen molar-refractivity contribution in [3.63, 3.8) is 0 Å². The van der Waals surface area contributed by atoms with Crippen LogP contribution in [0.1, 0.15) is 0 Å². The molecule has 5 heteroatoms. The first-order valence-corrected chi connectivity index (χ1v) is 5.42. The Balaban J connectivity index is 2.18. The molecule has 76 valence electrons. The molecule has 0 bridgehead atoms. The number of rotatable bonds is 2. The average molecular weight is 312 g/mol. The van der Waals surface area contributed by atoms with Crippen LogP contribution >= 0.6 is 22.6 Å². The normalized spacial score (nSPS) is 9.93. The predicted molar refractivity (Wildman–Crippen MR) is 68.9 cm³/mol. The molecule has 0 radical (unpaired) electrons. The molecule has 0 aliphatic carbocycles. The minimum Gasteiger partial charge on any atom is -0.396 e. The maximum Gasteiger partial charge on any atom is 0.227 e. The second-order valence-electron chi connectivity index (χ2n) is 2.98. The fourth-order valence-corrected chi connectivity index (χ4v) is 1.64. The lowest BCUT2D eigenvalue weighted by Crippen LogP contribution is -1.97. The molecular formula is C10H9IN4. The second-order valence-corrected chi connectivity index (χ2v) is 4.22. The van der Waals surface area contributed by atoms with Gasteiger partial charge >= 0.3 is 0 Å². The van der Waals surface area contributed by atoms with E-state index >= 15 is 0 Å². The number of hydrogen-bond donors (Lipinski definition) is 2. The van der Waals surface area contributed by atoms with Crippen LogP contribution in [0.4, 0.5) is 17.3 Å². The average Bonchev–Trinajstić information content (AvgIpc) is 2.22. The molecule has 0 spiro atoms. The van der Waals surface area contributed by atoms with Crippen LogP contribution in [-0.4, -0.2) is 9.97 Å². The molecule has 0 saturated heterocycles. The molecule has 0 aliphatic rings. The summed E-state index contributed by atoms with van der Waals surface area (Å²) in [6, 6.07) is 7.97. The summed E-state index contributed by atoms with van der Waals surface area (Å²) in [5.74, 6) is 0.547. The zero-order chi connectivity index (χ0) is 10.7. The van der Waals surface area contributed by atoms with Crippen LogP contribution in [0, 0.1) is 3.57 Å². The van der Waals surface area contributed by atoms with Gasteiger partial charge in [-0.15, -0.1) is 0 Å². The summed E-state index contributed by atoms with van der Waals surface area (Å²) in [6.07, 6.45) is 3.15. The minimum atomic E-state index is 0.547. The zero-order valence-corrected chi connectivity index (χ0v) is 9.97. The smallest absolute Gasteiger partial charge is 0.227 e. The quantitative estimate of drug-likeness (QED) is 0.836. The lowest BCUT2D eigenvalue weighted by Gasteiger charge is -2.04. The van der Waals surface area contributed by atoms with E-state index in [1.165, 1.54) is 0 Å². The van der Waals surface area contributed by atoms with Crippen LogP contribution in [0.3, 0.4) is 0 Å². The van der Waals surface area contributed by atoms with Crippen molar-refractivity contribution >= 4 is 39.9 Å². The number of anilines is 3. The van der Waals surface area contributed by atoms with Gasteiger partial charge in [0.25, 0.3) is 0 Å². The van der Waals surface area contributed by atoms with Gasteiger partial charge in [0.1, 0.15) is 0 Å². The standard InChI is InChI=1S/C10H9IN4/c11-7-2-1-3-9(4-7)15-10-13-5-8(12)6-14-10/h1-6H,12H2,(H,13,14,15). The van der Waals surface area contributed by atoms with Crippen molar-refractivity contribution in [2.45, 2.75) is 0 Å².